The van der Waals surface area contributed by atoms with Crippen molar-refractivity contribution in [3.8, 4) is 0 Å². The number of nitrogens with zero attached hydrogens (tertiary/aromatic N) is 1. The molecule has 1 fully saturated rings. The van der Waals surface area contributed by atoms with Crippen molar-refractivity contribution < 1.29 is 0 Å². The zero-order valence-electron chi connectivity index (χ0n) is 10.9. The van der Waals surface area contributed by atoms with Crippen molar-refractivity contribution in [1.29, 1.82) is 0 Å². The molecule has 1 aliphatic heterocycles. The number of aliphatic imine (C=N–C) groups is 1. The Labute approximate surface area is 122 Å². The van der Waals surface area contributed by atoms with Crippen LogP contribution in [0.1, 0.15) is 45.4 Å². The molecule has 0 radical (unpaired) electrons. The zero-order valence-corrected chi connectivity index (χ0v) is 13.2. The summed E-state index contributed by atoms with van der Waals surface area (Å²) in [7, 11) is 0. The van der Waals surface area contributed by atoms with Gasteiger partial charge in [-0.1, -0.05) is 32.6 Å². The van der Waals surface area contributed by atoms with Crippen molar-refractivity contribution in [3.63, 3.8) is 0 Å². The first kappa shape index (κ1) is 15.1. The van der Waals surface area contributed by atoms with Crippen LogP contribution in [0.4, 0.5) is 0 Å². The molecule has 2 atom stereocenters. The van der Waals surface area contributed by atoms with E-state index >= 15 is 0 Å². The van der Waals surface area contributed by atoms with E-state index in [1.165, 1.54) is 38.5 Å². The quantitative estimate of drug-likeness (QED) is 0.768. The summed E-state index contributed by atoms with van der Waals surface area (Å²) in [6.07, 6.45) is 8.23. The fourth-order valence-electron chi connectivity index (χ4n) is 2.85. The van der Waals surface area contributed by atoms with Gasteiger partial charge in [-0.15, -0.1) is 24.0 Å². The molecule has 17 heavy (non-hydrogen) atoms. The lowest BCUT2D eigenvalue weighted by atomic mass is 9.79. The normalized spacial score (nSPS) is 28.6. The van der Waals surface area contributed by atoms with E-state index in [1.54, 1.807) is 0 Å². The van der Waals surface area contributed by atoms with E-state index in [9.17, 15) is 0 Å². The highest BCUT2D eigenvalue weighted by molar-refractivity contribution is 14.0. The topological polar surface area (TPSA) is 36.4 Å². The molecule has 0 saturated heterocycles. The summed E-state index contributed by atoms with van der Waals surface area (Å²) in [6, 6.07) is 0. The van der Waals surface area contributed by atoms with Crippen LogP contribution in [0.25, 0.3) is 0 Å². The summed E-state index contributed by atoms with van der Waals surface area (Å²) in [4.78, 5) is 4.43. The van der Waals surface area contributed by atoms with E-state index in [2.05, 4.69) is 22.5 Å². The Balaban J connectivity index is 0.00000144. The van der Waals surface area contributed by atoms with Gasteiger partial charge in [0.25, 0.3) is 0 Å². The van der Waals surface area contributed by atoms with E-state index in [1.807, 2.05) is 0 Å². The second kappa shape index (κ2) is 8.16. The molecule has 0 amide bonds. The summed E-state index contributed by atoms with van der Waals surface area (Å²) in [5.41, 5.74) is 0. The fraction of sp³-hybridized carbons (Fsp3) is 0.923. The summed E-state index contributed by atoms with van der Waals surface area (Å²) in [6.45, 7) is 5.56. The third-order valence-electron chi connectivity index (χ3n) is 3.99. The van der Waals surface area contributed by atoms with Crippen LogP contribution in [-0.4, -0.2) is 25.6 Å². The first-order chi connectivity index (χ1) is 7.86. The standard InChI is InChI=1S/C13H25N3.HI/c1-11-5-2-3-6-12(11)7-10-16-13-14-8-4-9-15-13;/h11-12H,2-10H2,1H3,(H2,14,15,16);1H. The second-order valence-electron chi connectivity index (χ2n) is 5.25. The third-order valence-corrected chi connectivity index (χ3v) is 3.99. The largest absolute Gasteiger partial charge is 0.356 e. The molecule has 0 bridgehead atoms. The molecule has 1 aliphatic carbocycles. The Morgan fingerprint density at radius 3 is 2.82 bits per heavy atom. The van der Waals surface area contributed by atoms with Crippen LogP contribution in [0.2, 0.25) is 0 Å². The van der Waals surface area contributed by atoms with Crippen molar-refractivity contribution >= 4 is 29.9 Å². The molecule has 0 aromatic carbocycles. The van der Waals surface area contributed by atoms with Gasteiger partial charge in [-0.25, -0.2) is 0 Å². The zero-order chi connectivity index (χ0) is 11.2. The maximum atomic E-state index is 4.43. The van der Waals surface area contributed by atoms with Gasteiger partial charge in [0.1, 0.15) is 0 Å². The van der Waals surface area contributed by atoms with Gasteiger partial charge in [0.2, 0.25) is 0 Å². The van der Waals surface area contributed by atoms with Gasteiger partial charge in [-0.3, -0.25) is 4.99 Å². The van der Waals surface area contributed by atoms with Gasteiger partial charge in [0.15, 0.2) is 5.96 Å². The smallest absolute Gasteiger partial charge is 0.191 e. The summed E-state index contributed by atoms with van der Waals surface area (Å²) in [5.74, 6) is 2.89. The van der Waals surface area contributed by atoms with Crippen LogP contribution in [0.3, 0.4) is 0 Å². The van der Waals surface area contributed by atoms with E-state index in [0.29, 0.717) is 0 Å². The number of guanidine groups is 1. The van der Waals surface area contributed by atoms with E-state index in [4.69, 9.17) is 0 Å². The summed E-state index contributed by atoms with van der Waals surface area (Å²) < 4.78 is 0. The maximum Gasteiger partial charge on any atom is 0.191 e. The van der Waals surface area contributed by atoms with Gasteiger partial charge in [-0.2, -0.15) is 0 Å². The SMILES string of the molecule is CC1CCCCC1CCNC1=NCCCN1.I. The van der Waals surface area contributed by atoms with Crippen molar-refractivity contribution in [2.24, 2.45) is 16.8 Å². The Morgan fingerprint density at radius 1 is 1.29 bits per heavy atom. The summed E-state index contributed by atoms with van der Waals surface area (Å²) >= 11 is 0. The predicted molar refractivity (Wildman–Crippen MR) is 84.1 cm³/mol. The van der Waals surface area contributed by atoms with Gasteiger partial charge >= 0.3 is 0 Å². The molecule has 0 aromatic rings. The average molecular weight is 351 g/mol. The molecule has 4 heteroatoms. The van der Waals surface area contributed by atoms with Crippen molar-refractivity contribution in [1.82, 2.24) is 10.6 Å². The lowest BCUT2D eigenvalue weighted by Crippen LogP contribution is -2.41. The van der Waals surface area contributed by atoms with Crippen molar-refractivity contribution in [2.75, 3.05) is 19.6 Å². The van der Waals surface area contributed by atoms with Gasteiger partial charge in [0.05, 0.1) is 0 Å². The van der Waals surface area contributed by atoms with E-state index in [-0.39, 0.29) is 24.0 Å². The number of rotatable bonds is 3. The molecule has 2 rings (SSSR count). The molecular formula is C13H26IN3. The lowest BCUT2D eigenvalue weighted by Gasteiger charge is -2.29. The predicted octanol–water partition coefficient (Wildman–Crippen LogP) is 2.76. The van der Waals surface area contributed by atoms with Crippen molar-refractivity contribution in [2.45, 2.75) is 45.4 Å². The number of hydrogen-bond acceptors (Lipinski definition) is 3. The molecule has 0 aromatic heterocycles. The Bertz CT molecular complexity index is 243. The molecule has 3 nitrogen and oxygen atoms in total. The molecule has 100 valence electrons. The molecule has 0 spiro atoms. The lowest BCUT2D eigenvalue weighted by molar-refractivity contribution is 0.243. The number of halogens is 1. The van der Waals surface area contributed by atoms with E-state index < -0.39 is 0 Å². The van der Waals surface area contributed by atoms with E-state index in [0.717, 1.165) is 37.4 Å². The number of hydrogen-bond donors (Lipinski definition) is 2. The Kier molecular flexibility index (Phi) is 7.23. The van der Waals surface area contributed by atoms with Crippen molar-refractivity contribution in [3.05, 3.63) is 0 Å². The fourth-order valence-corrected chi connectivity index (χ4v) is 2.85. The molecule has 1 saturated carbocycles. The highest BCUT2D eigenvalue weighted by atomic mass is 127. The Hall–Kier alpha value is 0. The maximum absolute atomic E-state index is 4.43. The second-order valence-corrected chi connectivity index (χ2v) is 5.25. The highest BCUT2D eigenvalue weighted by Crippen LogP contribution is 2.31. The average Bonchev–Trinajstić information content (AvgIpc) is 2.33. The minimum absolute atomic E-state index is 0. The summed E-state index contributed by atoms with van der Waals surface area (Å²) in [5, 5.41) is 6.74. The van der Waals surface area contributed by atoms with Crippen LogP contribution >= 0.6 is 24.0 Å². The molecule has 2 unspecified atom stereocenters. The minimum Gasteiger partial charge on any atom is -0.356 e. The minimum atomic E-state index is 0. The monoisotopic (exact) mass is 351 g/mol. The van der Waals surface area contributed by atoms with Gasteiger partial charge in [0, 0.05) is 19.6 Å². The molecule has 2 aliphatic rings. The third kappa shape index (κ3) is 5.02. The van der Waals surface area contributed by atoms with Crippen LogP contribution in [0.5, 0.6) is 0 Å². The first-order valence-electron chi connectivity index (χ1n) is 6.88. The van der Waals surface area contributed by atoms with Gasteiger partial charge < -0.3 is 10.6 Å². The van der Waals surface area contributed by atoms with Crippen LogP contribution in [0.15, 0.2) is 4.99 Å². The molecule has 2 N–H and O–H groups in total. The number of nitrogens with one attached hydrogen (secondary N) is 2. The van der Waals surface area contributed by atoms with Gasteiger partial charge in [-0.05, 0) is 24.7 Å². The van der Waals surface area contributed by atoms with Crippen LogP contribution in [-0.2, 0) is 0 Å². The Morgan fingerprint density at radius 2 is 2.12 bits per heavy atom. The highest BCUT2D eigenvalue weighted by Gasteiger charge is 2.20. The molecular weight excluding hydrogens is 325 g/mol. The molecule has 1 heterocycles. The van der Waals surface area contributed by atoms with Crippen LogP contribution < -0.4 is 10.6 Å². The van der Waals surface area contributed by atoms with Crippen LogP contribution in [0, 0.1) is 11.8 Å². The first-order valence-corrected chi connectivity index (χ1v) is 6.88.